The van der Waals surface area contributed by atoms with Gasteiger partial charge in [-0.3, -0.25) is 0 Å². The van der Waals surface area contributed by atoms with Gasteiger partial charge in [-0.25, -0.2) is 8.78 Å². The molecule has 21 heavy (non-hydrogen) atoms. The number of oxime groups is 1. The lowest BCUT2D eigenvalue weighted by atomic mass is 10.2. The first kappa shape index (κ1) is 15.3. The summed E-state index contributed by atoms with van der Waals surface area (Å²) in [6.07, 6.45) is 0. The Hall–Kier alpha value is -2.08. The van der Waals surface area contributed by atoms with Gasteiger partial charge in [0, 0.05) is 10.5 Å². The van der Waals surface area contributed by atoms with E-state index in [-0.39, 0.29) is 16.3 Å². The molecule has 2 rings (SSSR count). The summed E-state index contributed by atoms with van der Waals surface area (Å²) in [5.41, 5.74) is 7.36. The average Bonchev–Trinajstić information content (AvgIpc) is 2.43. The van der Waals surface area contributed by atoms with Crippen molar-refractivity contribution >= 4 is 17.6 Å². The highest BCUT2D eigenvalue weighted by Crippen LogP contribution is 2.34. The number of aryl methyl sites for hydroxylation is 2. The van der Waals surface area contributed by atoms with Gasteiger partial charge >= 0.3 is 0 Å². The molecule has 0 heterocycles. The molecular weight excluding hydrogens is 294 g/mol. The van der Waals surface area contributed by atoms with E-state index in [0.717, 1.165) is 39.9 Å². The first-order chi connectivity index (χ1) is 9.92. The molecule has 0 aliphatic heterocycles. The molecule has 0 bridgehead atoms. The number of hydrogen-bond donors (Lipinski definition) is 2. The molecule has 0 unspecified atom stereocenters. The number of benzene rings is 2. The Kier molecular flexibility index (Phi) is 4.47. The number of halogens is 2. The Labute approximate surface area is 125 Å². The van der Waals surface area contributed by atoms with Crippen molar-refractivity contribution in [2.75, 3.05) is 0 Å². The lowest BCUT2D eigenvalue weighted by Gasteiger charge is -2.10. The molecule has 6 heteroatoms. The third kappa shape index (κ3) is 3.33. The van der Waals surface area contributed by atoms with Crippen molar-refractivity contribution in [2.45, 2.75) is 23.6 Å². The summed E-state index contributed by atoms with van der Waals surface area (Å²) in [6, 6.07) is 7.75. The molecule has 0 aliphatic rings. The lowest BCUT2D eigenvalue weighted by Crippen LogP contribution is -2.14. The molecule has 0 aliphatic carbocycles. The second-order valence-electron chi connectivity index (χ2n) is 4.63. The van der Waals surface area contributed by atoms with Crippen LogP contribution in [-0.2, 0) is 0 Å². The van der Waals surface area contributed by atoms with Crippen molar-refractivity contribution < 1.29 is 14.0 Å². The summed E-state index contributed by atoms with van der Waals surface area (Å²) in [7, 11) is 0. The van der Waals surface area contributed by atoms with Crippen LogP contribution in [0.4, 0.5) is 8.78 Å². The van der Waals surface area contributed by atoms with Crippen LogP contribution < -0.4 is 5.73 Å². The van der Waals surface area contributed by atoms with Gasteiger partial charge in [0.25, 0.3) is 0 Å². The Bertz CT molecular complexity index is 694. The van der Waals surface area contributed by atoms with Crippen molar-refractivity contribution in [1.82, 2.24) is 0 Å². The Balaban J connectivity index is 2.41. The van der Waals surface area contributed by atoms with E-state index in [9.17, 15) is 8.78 Å². The highest BCUT2D eigenvalue weighted by atomic mass is 32.2. The highest BCUT2D eigenvalue weighted by Gasteiger charge is 2.15. The molecule has 0 aromatic heterocycles. The molecule has 0 radical (unpaired) electrons. The minimum atomic E-state index is -0.749. The van der Waals surface area contributed by atoms with Gasteiger partial charge in [-0.2, -0.15) is 0 Å². The van der Waals surface area contributed by atoms with Crippen LogP contribution >= 0.6 is 11.8 Å². The van der Waals surface area contributed by atoms with Gasteiger partial charge in [-0.15, -0.1) is 0 Å². The van der Waals surface area contributed by atoms with Crippen LogP contribution in [0.3, 0.4) is 0 Å². The number of amidine groups is 1. The number of nitrogens with two attached hydrogens (primary N) is 1. The van der Waals surface area contributed by atoms with E-state index >= 15 is 0 Å². The third-order valence-electron chi connectivity index (χ3n) is 2.94. The van der Waals surface area contributed by atoms with Crippen molar-refractivity contribution in [1.29, 1.82) is 0 Å². The number of rotatable bonds is 3. The fraction of sp³-hybridized carbons (Fsp3) is 0.133. The Morgan fingerprint density at radius 1 is 1.14 bits per heavy atom. The largest absolute Gasteiger partial charge is 0.409 e. The third-order valence-corrected chi connectivity index (χ3v) is 4.22. The SMILES string of the molecule is Cc1ccc(Sc2c(F)cc(/C(N)=N/O)cc2F)c(C)c1. The van der Waals surface area contributed by atoms with Gasteiger partial charge in [0.1, 0.15) is 11.6 Å². The maximum atomic E-state index is 14.1. The number of hydrogen-bond acceptors (Lipinski definition) is 3. The van der Waals surface area contributed by atoms with E-state index in [1.165, 1.54) is 0 Å². The van der Waals surface area contributed by atoms with E-state index in [1.807, 2.05) is 32.0 Å². The predicted octanol–water partition coefficient (Wildman–Crippen LogP) is 3.83. The highest BCUT2D eigenvalue weighted by molar-refractivity contribution is 7.99. The summed E-state index contributed by atoms with van der Waals surface area (Å²) in [4.78, 5) is 0.659. The van der Waals surface area contributed by atoms with Gasteiger partial charge in [0.15, 0.2) is 5.84 Å². The molecule has 0 atom stereocenters. The number of nitrogens with zero attached hydrogens (tertiary/aromatic N) is 1. The van der Waals surface area contributed by atoms with Crippen molar-refractivity contribution in [3.8, 4) is 0 Å². The Morgan fingerprint density at radius 3 is 2.29 bits per heavy atom. The van der Waals surface area contributed by atoms with Crippen LogP contribution in [0, 0.1) is 25.5 Å². The zero-order chi connectivity index (χ0) is 15.6. The molecule has 0 amide bonds. The van der Waals surface area contributed by atoms with E-state index < -0.39 is 11.6 Å². The van der Waals surface area contributed by atoms with E-state index in [0.29, 0.717) is 0 Å². The minimum absolute atomic E-state index is 0.00234. The summed E-state index contributed by atoms with van der Waals surface area (Å²) in [5, 5.41) is 11.3. The lowest BCUT2D eigenvalue weighted by molar-refractivity contribution is 0.318. The van der Waals surface area contributed by atoms with E-state index in [4.69, 9.17) is 10.9 Å². The summed E-state index contributed by atoms with van der Waals surface area (Å²) >= 11 is 1.01. The minimum Gasteiger partial charge on any atom is -0.409 e. The molecule has 3 N–H and O–H groups in total. The summed E-state index contributed by atoms with van der Waals surface area (Å²) < 4.78 is 28.1. The van der Waals surface area contributed by atoms with Crippen LogP contribution in [-0.4, -0.2) is 11.0 Å². The zero-order valence-corrected chi connectivity index (χ0v) is 12.3. The first-order valence-electron chi connectivity index (χ1n) is 6.14. The molecule has 2 aromatic rings. The van der Waals surface area contributed by atoms with Gasteiger partial charge in [-0.05, 0) is 37.6 Å². The second kappa shape index (κ2) is 6.13. The summed E-state index contributed by atoms with van der Waals surface area (Å²) in [6.45, 7) is 3.84. The predicted molar refractivity (Wildman–Crippen MR) is 78.9 cm³/mol. The van der Waals surface area contributed by atoms with Crippen LogP contribution in [0.1, 0.15) is 16.7 Å². The fourth-order valence-electron chi connectivity index (χ4n) is 1.89. The maximum Gasteiger partial charge on any atom is 0.170 e. The van der Waals surface area contributed by atoms with Crippen molar-refractivity contribution in [3.63, 3.8) is 0 Å². The van der Waals surface area contributed by atoms with E-state index in [2.05, 4.69) is 5.16 Å². The maximum absolute atomic E-state index is 14.1. The van der Waals surface area contributed by atoms with Crippen LogP contribution in [0.25, 0.3) is 0 Å². The van der Waals surface area contributed by atoms with Gasteiger partial charge in [0.05, 0.1) is 4.90 Å². The molecular formula is C15H14F2N2OS. The smallest absolute Gasteiger partial charge is 0.170 e. The fourth-order valence-corrected chi connectivity index (χ4v) is 2.78. The van der Waals surface area contributed by atoms with Gasteiger partial charge in [-0.1, -0.05) is 34.6 Å². The molecule has 0 saturated heterocycles. The molecule has 2 aromatic carbocycles. The van der Waals surface area contributed by atoms with Gasteiger partial charge < -0.3 is 10.9 Å². The van der Waals surface area contributed by atoms with Crippen LogP contribution in [0.5, 0.6) is 0 Å². The van der Waals surface area contributed by atoms with Crippen LogP contribution in [0.2, 0.25) is 0 Å². The van der Waals surface area contributed by atoms with Gasteiger partial charge in [0.2, 0.25) is 0 Å². The van der Waals surface area contributed by atoms with Crippen molar-refractivity contribution in [3.05, 3.63) is 58.7 Å². The molecule has 110 valence electrons. The molecule has 0 spiro atoms. The second-order valence-corrected chi connectivity index (χ2v) is 5.68. The summed E-state index contributed by atoms with van der Waals surface area (Å²) in [5.74, 6) is -1.83. The average molecular weight is 308 g/mol. The quantitative estimate of drug-likeness (QED) is 0.392. The zero-order valence-electron chi connectivity index (χ0n) is 11.5. The molecule has 0 fully saturated rings. The van der Waals surface area contributed by atoms with Crippen LogP contribution in [0.15, 0.2) is 45.3 Å². The topological polar surface area (TPSA) is 58.6 Å². The molecule has 3 nitrogen and oxygen atoms in total. The normalized spacial score (nSPS) is 11.7. The van der Waals surface area contributed by atoms with Crippen molar-refractivity contribution in [2.24, 2.45) is 10.9 Å². The molecule has 0 saturated carbocycles. The first-order valence-corrected chi connectivity index (χ1v) is 6.96. The standard InChI is InChI=1S/C15H14F2N2OS/c1-8-3-4-13(9(2)5-8)21-14-11(16)6-10(7-12(14)17)15(18)19-20/h3-7,20H,1-2H3,(H2,18,19). The monoisotopic (exact) mass is 308 g/mol. The van der Waals surface area contributed by atoms with E-state index in [1.54, 1.807) is 0 Å². The Morgan fingerprint density at radius 2 is 1.76 bits per heavy atom.